The van der Waals surface area contributed by atoms with Gasteiger partial charge in [-0.05, 0) is 11.1 Å². The van der Waals surface area contributed by atoms with Crippen LogP contribution in [0, 0.1) is 0 Å². The van der Waals surface area contributed by atoms with Crippen LogP contribution in [0.5, 0.6) is 0 Å². The van der Waals surface area contributed by atoms with E-state index in [2.05, 4.69) is 5.32 Å². The highest BCUT2D eigenvalue weighted by Crippen LogP contribution is 2.37. The van der Waals surface area contributed by atoms with E-state index in [4.69, 9.17) is 5.73 Å². The highest BCUT2D eigenvalue weighted by atomic mass is 19.4. The van der Waals surface area contributed by atoms with E-state index in [9.17, 15) is 18.0 Å². The summed E-state index contributed by atoms with van der Waals surface area (Å²) in [6.07, 6.45) is -5.14. The fraction of sp³-hybridized carbons (Fsp3) is 0.278. The van der Waals surface area contributed by atoms with Gasteiger partial charge in [-0.15, -0.1) is 0 Å². The maximum absolute atomic E-state index is 13.2. The second-order valence-corrected chi connectivity index (χ2v) is 5.53. The van der Waals surface area contributed by atoms with Crippen molar-refractivity contribution in [2.75, 3.05) is 6.54 Å². The number of carbonyl (C=O) groups is 1. The van der Waals surface area contributed by atoms with Gasteiger partial charge in [0.1, 0.15) is 0 Å². The van der Waals surface area contributed by atoms with Gasteiger partial charge in [0, 0.05) is 19.0 Å². The van der Waals surface area contributed by atoms with Crippen molar-refractivity contribution >= 4 is 5.91 Å². The highest BCUT2D eigenvalue weighted by Gasteiger charge is 2.41. The zero-order valence-electron chi connectivity index (χ0n) is 13.0. The fourth-order valence-electron chi connectivity index (χ4n) is 2.41. The third-order valence-electron chi connectivity index (χ3n) is 3.73. The molecule has 0 aliphatic carbocycles. The number of amides is 1. The van der Waals surface area contributed by atoms with Crippen LogP contribution in [0.1, 0.15) is 29.5 Å². The molecule has 0 spiro atoms. The predicted molar refractivity (Wildman–Crippen MR) is 86.2 cm³/mol. The van der Waals surface area contributed by atoms with Crippen molar-refractivity contribution in [3.05, 3.63) is 71.8 Å². The predicted octanol–water partition coefficient (Wildman–Crippen LogP) is 3.54. The lowest BCUT2D eigenvalue weighted by Crippen LogP contribution is -2.34. The molecule has 2 unspecified atom stereocenters. The fourth-order valence-corrected chi connectivity index (χ4v) is 2.41. The molecule has 1 amide bonds. The van der Waals surface area contributed by atoms with E-state index in [1.807, 2.05) is 18.2 Å². The van der Waals surface area contributed by atoms with Crippen molar-refractivity contribution in [2.45, 2.75) is 24.6 Å². The van der Waals surface area contributed by atoms with Gasteiger partial charge in [0.25, 0.3) is 0 Å². The lowest BCUT2D eigenvalue weighted by atomic mass is 9.94. The first-order chi connectivity index (χ1) is 11.4. The van der Waals surface area contributed by atoms with Crippen LogP contribution in [-0.2, 0) is 4.79 Å². The molecule has 2 aromatic carbocycles. The highest BCUT2D eigenvalue weighted by molar-refractivity contribution is 5.77. The maximum atomic E-state index is 13.2. The smallest absolute Gasteiger partial charge is 0.354 e. The first-order valence-electron chi connectivity index (χ1n) is 7.57. The molecule has 0 aromatic heterocycles. The molecule has 0 aliphatic heterocycles. The van der Waals surface area contributed by atoms with Crippen molar-refractivity contribution in [1.82, 2.24) is 5.32 Å². The van der Waals surface area contributed by atoms with Crippen LogP contribution in [0.15, 0.2) is 60.7 Å². The molecule has 2 aromatic rings. The van der Waals surface area contributed by atoms with Crippen LogP contribution in [0.25, 0.3) is 0 Å². The molecule has 0 radical (unpaired) electrons. The monoisotopic (exact) mass is 336 g/mol. The minimum atomic E-state index is -4.49. The molecule has 24 heavy (non-hydrogen) atoms. The third-order valence-corrected chi connectivity index (χ3v) is 3.73. The second kappa shape index (κ2) is 7.97. The second-order valence-electron chi connectivity index (χ2n) is 5.53. The summed E-state index contributed by atoms with van der Waals surface area (Å²) < 4.78 is 39.7. The number of carbonyl (C=O) groups excluding carboxylic acids is 1. The minimum Gasteiger partial charge on any atom is -0.354 e. The van der Waals surface area contributed by atoms with Gasteiger partial charge < -0.3 is 11.1 Å². The topological polar surface area (TPSA) is 55.1 Å². The van der Waals surface area contributed by atoms with Crippen molar-refractivity contribution < 1.29 is 18.0 Å². The number of alkyl halides is 3. The van der Waals surface area contributed by atoms with Crippen LogP contribution >= 0.6 is 0 Å². The average molecular weight is 336 g/mol. The van der Waals surface area contributed by atoms with Crippen LogP contribution in [-0.4, -0.2) is 18.6 Å². The van der Waals surface area contributed by atoms with E-state index in [-0.39, 0.29) is 12.1 Å². The Balaban J connectivity index is 1.96. The lowest BCUT2D eigenvalue weighted by Gasteiger charge is -2.21. The van der Waals surface area contributed by atoms with Crippen molar-refractivity contribution in [3.63, 3.8) is 0 Å². The largest absolute Gasteiger partial charge is 0.396 e. The molecule has 128 valence electrons. The SMILES string of the molecule is NC(CNC(=O)CC(c1ccccc1)C(F)(F)F)c1ccccc1. The quantitative estimate of drug-likeness (QED) is 0.848. The summed E-state index contributed by atoms with van der Waals surface area (Å²) in [5.74, 6) is -2.50. The van der Waals surface area contributed by atoms with E-state index in [0.29, 0.717) is 0 Å². The summed E-state index contributed by atoms with van der Waals surface area (Å²) in [5.41, 5.74) is 6.82. The molecule has 0 bridgehead atoms. The molecule has 2 atom stereocenters. The van der Waals surface area contributed by atoms with Crippen LogP contribution in [0.3, 0.4) is 0 Å². The number of benzene rings is 2. The zero-order valence-corrected chi connectivity index (χ0v) is 13.0. The van der Waals surface area contributed by atoms with Gasteiger partial charge in [-0.3, -0.25) is 4.79 Å². The summed E-state index contributed by atoms with van der Waals surface area (Å²) >= 11 is 0. The van der Waals surface area contributed by atoms with Gasteiger partial charge in [0.2, 0.25) is 5.91 Å². The molecule has 3 nitrogen and oxygen atoms in total. The molecule has 0 heterocycles. The summed E-state index contributed by atoms with van der Waals surface area (Å²) in [7, 11) is 0. The van der Waals surface area contributed by atoms with Gasteiger partial charge >= 0.3 is 6.18 Å². The number of nitrogens with two attached hydrogens (primary N) is 1. The van der Waals surface area contributed by atoms with E-state index < -0.39 is 30.5 Å². The Morgan fingerprint density at radius 3 is 1.96 bits per heavy atom. The first-order valence-corrected chi connectivity index (χ1v) is 7.57. The Morgan fingerprint density at radius 2 is 1.46 bits per heavy atom. The van der Waals surface area contributed by atoms with E-state index in [1.165, 1.54) is 24.3 Å². The van der Waals surface area contributed by atoms with Gasteiger partial charge in [0.15, 0.2) is 0 Å². The van der Waals surface area contributed by atoms with Crippen LogP contribution < -0.4 is 11.1 Å². The van der Waals surface area contributed by atoms with E-state index in [0.717, 1.165) is 5.56 Å². The molecule has 6 heteroatoms. The number of hydrogen-bond acceptors (Lipinski definition) is 2. The Bertz CT molecular complexity index is 644. The summed E-state index contributed by atoms with van der Waals surface area (Å²) in [4.78, 5) is 11.9. The third kappa shape index (κ3) is 5.09. The standard InChI is InChI=1S/C18H19F3N2O/c19-18(20,21)15(13-7-3-1-4-8-13)11-17(24)23-12-16(22)14-9-5-2-6-10-14/h1-10,15-16H,11-12,22H2,(H,23,24). The lowest BCUT2D eigenvalue weighted by molar-refractivity contribution is -0.157. The van der Waals surface area contributed by atoms with Gasteiger partial charge in [-0.25, -0.2) is 0 Å². The van der Waals surface area contributed by atoms with Crippen LogP contribution in [0.2, 0.25) is 0 Å². The zero-order chi connectivity index (χ0) is 17.6. The normalized spacial score (nSPS) is 14.0. The minimum absolute atomic E-state index is 0.0764. The Morgan fingerprint density at radius 1 is 0.958 bits per heavy atom. The van der Waals surface area contributed by atoms with Gasteiger partial charge in [-0.1, -0.05) is 60.7 Å². The van der Waals surface area contributed by atoms with Crippen LogP contribution in [0.4, 0.5) is 13.2 Å². The maximum Gasteiger partial charge on any atom is 0.396 e. The average Bonchev–Trinajstić information content (AvgIpc) is 2.58. The van der Waals surface area contributed by atoms with Gasteiger partial charge in [-0.2, -0.15) is 13.2 Å². The molecule has 3 N–H and O–H groups in total. The first kappa shape index (κ1) is 18.0. The summed E-state index contributed by atoms with van der Waals surface area (Å²) in [5, 5.41) is 2.49. The summed E-state index contributed by atoms with van der Waals surface area (Å²) in [6.45, 7) is 0.0855. The van der Waals surface area contributed by atoms with E-state index in [1.54, 1.807) is 18.2 Å². The Labute approximate surface area is 138 Å². The number of hydrogen-bond donors (Lipinski definition) is 2. The molecule has 0 fully saturated rings. The van der Waals surface area contributed by atoms with Crippen molar-refractivity contribution in [2.24, 2.45) is 5.73 Å². The molecular formula is C18H19F3N2O. The van der Waals surface area contributed by atoms with Gasteiger partial charge in [0.05, 0.1) is 5.92 Å². The number of halogens is 3. The number of rotatable bonds is 6. The molecule has 0 saturated heterocycles. The molecular weight excluding hydrogens is 317 g/mol. The Kier molecular flexibility index (Phi) is 5.98. The van der Waals surface area contributed by atoms with Crippen molar-refractivity contribution in [3.8, 4) is 0 Å². The molecule has 0 saturated carbocycles. The Hall–Kier alpha value is -2.34. The van der Waals surface area contributed by atoms with E-state index >= 15 is 0 Å². The number of nitrogens with one attached hydrogen (secondary N) is 1. The molecule has 2 rings (SSSR count). The molecule has 0 aliphatic rings. The summed E-state index contributed by atoms with van der Waals surface area (Å²) in [6, 6.07) is 16.0. The van der Waals surface area contributed by atoms with Crippen molar-refractivity contribution in [1.29, 1.82) is 0 Å².